The van der Waals surface area contributed by atoms with Gasteiger partial charge in [-0.2, -0.15) is 0 Å². The lowest BCUT2D eigenvalue weighted by Crippen LogP contribution is -2.23. The summed E-state index contributed by atoms with van der Waals surface area (Å²) in [6.45, 7) is 5.22. The minimum Gasteiger partial charge on any atom is -0.457 e. The van der Waals surface area contributed by atoms with Crippen LogP contribution in [-0.4, -0.2) is 18.0 Å². The maximum atomic E-state index is 12.0. The standard InChI is InChI=1S/C14H18Br2O4/c1-4-5-6-7-10(19-9(3)17)11-12(16)13(8(2)15)20-14(11)18/h10H,4-7H2,1-3H3/b13-8-. The van der Waals surface area contributed by atoms with Crippen LogP contribution in [0.3, 0.4) is 0 Å². The van der Waals surface area contributed by atoms with Gasteiger partial charge in [0, 0.05) is 11.4 Å². The van der Waals surface area contributed by atoms with E-state index in [0.717, 1.165) is 19.3 Å². The van der Waals surface area contributed by atoms with E-state index in [4.69, 9.17) is 9.47 Å². The fraction of sp³-hybridized carbons (Fsp3) is 0.571. The molecule has 1 aliphatic heterocycles. The highest BCUT2D eigenvalue weighted by atomic mass is 79.9. The minimum absolute atomic E-state index is 0.380. The van der Waals surface area contributed by atoms with E-state index in [1.807, 2.05) is 0 Å². The van der Waals surface area contributed by atoms with Crippen LogP contribution in [0.5, 0.6) is 0 Å². The van der Waals surface area contributed by atoms with Gasteiger partial charge in [0.2, 0.25) is 0 Å². The van der Waals surface area contributed by atoms with Crippen molar-refractivity contribution in [1.29, 1.82) is 0 Å². The molecule has 112 valence electrons. The third-order valence-electron chi connectivity index (χ3n) is 2.86. The molecule has 0 aromatic heterocycles. The molecule has 0 spiro atoms. The first-order chi connectivity index (χ1) is 9.38. The number of carbonyl (C=O) groups excluding carboxylic acids is 2. The Morgan fingerprint density at radius 3 is 2.45 bits per heavy atom. The number of ether oxygens (including phenoxy) is 2. The highest BCUT2D eigenvalue weighted by molar-refractivity contribution is 9.12. The van der Waals surface area contributed by atoms with Gasteiger partial charge in [0.15, 0.2) is 5.76 Å². The predicted molar refractivity (Wildman–Crippen MR) is 83.4 cm³/mol. The van der Waals surface area contributed by atoms with Gasteiger partial charge in [-0.05, 0) is 35.7 Å². The maximum absolute atomic E-state index is 12.0. The summed E-state index contributed by atoms with van der Waals surface area (Å²) in [5.41, 5.74) is 0.380. The van der Waals surface area contributed by atoms with Crippen LogP contribution in [0.2, 0.25) is 0 Å². The van der Waals surface area contributed by atoms with E-state index in [1.165, 1.54) is 6.92 Å². The van der Waals surface area contributed by atoms with Gasteiger partial charge < -0.3 is 9.47 Å². The van der Waals surface area contributed by atoms with Crippen molar-refractivity contribution in [3.63, 3.8) is 0 Å². The third-order valence-corrected chi connectivity index (χ3v) is 4.01. The van der Waals surface area contributed by atoms with Gasteiger partial charge in [-0.25, -0.2) is 4.79 Å². The van der Waals surface area contributed by atoms with Crippen LogP contribution in [0.15, 0.2) is 20.3 Å². The Morgan fingerprint density at radius 1 is 1.35 bits per heavy atom. The average molecular weight is 410 g/mol. The highest BCUT2D eigenvalue weighted by Crippen LogP contribution is 2.38. The van der Waals surface area contributed by atoms with Gasteiger partial charge >= 0.3 is 11.9 Å². The monoisotopic (exact) mass is 408 g/mol. The highest BCUT2D eigenvalue weighted by Gasteiger charge is 2.36. The normalized spacial score (nSPS) is 18.9. The molecular weight excluding hydrogens is 392 g/mol. The molecule has 0 bridgehead atoms. The number of hydrogen-bond acceptors (Lipinski definition) is 4. The van der Waals surface area contributed by atoms with Crippen molar-refractivity contribution in [2.24, 2.45) is 0 Å². The van der Waals surface area contributed by atoms with E-state index in [9.17, 15) is 9.59 Å². The lowest BCUT2D eigenvalue weighted by Gasteiger charge is -2.16. The summed E-state index contributed by atoms with van der Waals surface area (Å²) in [6.07, 6.45) is 3.02. The molecule has 0 amide bonds. The van der Waals surface area contributed by atoms with E-state index in [2.05, 4.69) is 38.8 Å². The fourth-order valence-corrected chi connectivity index (χ4v) is 3.28. The summed E-state index contributed by atoms with van der Waals surface area (Å²) >= 11 is 6.66. The van der Waals surface area contributed by atoms with Crippen molar-refractivity contribution < 1.29 is 19.1 Å². The van der Waals surface area contributed by atoms with Crippen molar-refractivity contribution in [1.82, 2.24) is 0 Å². The van der Waals surface area contributed by atoms with Gasteiger partial charge in [-0.1, -0.05) is 35.7 Å². The van der Waals surface area contributed by atoms with Gasteiger partial charge in [0.25, 0.3) is 0 Å². The largest absolute Gasteiger partial charge is 0.457 e. The van der Waals surface area contributed by atoms with E-state index in [0.29, 0.717) is 26.7 Å². The topological polar surface area (TPSA) is 52.6 Å². The second kappa shape index (κ2) is 7.98. The second-order valence-corrected chi connectivity index (χ2v) is 6.56. The van der Waals surface area contributed by atoms with Crippen molar-refractivity contribution in [3.8, 4) is 0 Å². The summed E-state index contributed by atoms with van der Waals surface area (Å²) in [4.78, 5) is 23.2. The van der Waals surface area contributed by atoms with Crippen molar-refractivity contribution >= 4 is 43.8 Å². The number of carbonyl (C=O) groups is 2. The zero-order chi connectivity index (χ0) is 15.3. The third kappa shape index (κ3) is 4.45. The Balaban J connectivity index is 3.02. The molecule has 0 aliphatic carbocycles. The molecule has 1 rings (SSSR count). The predicted octanol–water partition coefficient (Wildman–Crippen LogP) is 4.33. The van der Waals surface area contributed by atoms with Crippen LogP contribution < -0.4 is 0 Å². The molecule has 1 aliphatic rings. The van der Waals surface area contributed by atoms with Gasteiger partial charge in [0.1, 0.15) is 6.10 Å². The van der Waals surface area contributed by atoms with Crippen LogP contribution in [0.25, 0.3) is 0 Å². The van der Waals surface area contributed by atoms with E-state index < -0.39 is 18.0 Å². The lowest BCUT2D eigenvalue weighted by atomic mass is 10.0. The van der Waals surface area contributed by atoms with Crippen LogP contribution in [-0.2, 0) is 19.1 Å². The average Bonchev–Trinajstić information content (AvgIpc) is 2.63. The number of allylic oxidation sites excluding steroid dienone is 2. The summed E-state index contributed by atoms with van der Waals surface area (Å²) in [5, 5.41) is 0. The Labute approximate surface area is 135 Å². The number of esters is 2. The molecule has 0 saturated heterocycles. The molecule has 0 aromatic rings. The summed E-state index contributed by atoms with van der Waals surface area (Å²) in [5.74, 6) is -0.425. The molecule has 0 fully saturated rings. The van der Waals surface area contributed by atoms with Crippen molar-refractivity contribution in [2.45, 2.75) is 52.6 Å². The van der Waals surface area contributed by atoms with Gasteiger partial charge in [-0.3, -0.25) is 4.79 Å². The number of unbranched alkanes of at least 4 members (excludes halogenated alkanes) is 2. The molecule has 0 saturated carbocycles. The molecule has 4 nitrogen and oxygen atoms in total. The summed E-state index contributed by atoms with van der Waals surface area (Å²) in [6, 6.07) is 0. The minimum atomic E-state index is -0.565. The Bertz CT molecular complexity index is 462. The second-order valence-electron chi connectivity index (χ2n) is 4.57. The number of hydrogen-bond donors (Lipinski definition) is 0. The van der Waals surface area contributed by atoms with Crippen molar-refractivity contribution in [2.75, 3.05) is 0 Å². The van der Waals surface area contributed by atoms with Gasteiger partial charge in [-0.15, -0.1) is 0 Å². The van der Waals surface area contributed by atoms with Crippen LogP contribution in [0.4, 0.5) is 0 Å². The quantitative estimate of drug-likeness (QED) is 0.483. The van der Waals surface area contributed by atoms with Crippen LogP contribution in [0, 0.1) is 0 Å². The molecule has 0 aromatic carbocycles. The van der Waals surface area contributed by atoms with E-state index in [1.54, 1.807) is 6.92 Å². The number of halogens is 2. The first-order valence-corrected chi connectivity index (χ1v) is 8.12. The smallest absolute Gasteiger partial charge is 0.344 e. The van der Waals surface area contributed by atoms with Crippen LogP contribution in [0.1, 0.15) is 46.5 Å². The molecule has 6 heteroatoms. The number of rotatable bonds is 6. The molecule has 20 heavy (non-hydrogen) atoms. The summed E-state index contributed by atoms with van der Waals surface area (Å²) in [7, 11) is 0. The van der Waals surface area contributed by atoms with E-state index in [-0.39, 0.29) is 0 Å². The molecule has 0 N–H and O–H groups in total. The first kappa shape index (κ1) is 17.4. The Hall–Kier alpha value is -0.620. The van der Waals surface area contributed by atoms with Crippen molar-refractivity contribution in [3.05, 3.63) is 20.3 Å². The summed E-state index contributed by atoms with van der Waals surface area (Å²) < 4.78 is 11.7. The molecule has 1 unspecified atom stereocenters. The number of cyclic esters (lactones) is 1. The zero-order valence-electron chi connectivity index (χ0n) is 11.8. The maximum Gasteiger partial charge on any atom is 0.344 e. The molecule has 1 heterocycles. The molecule has 1 atom stereocenters. The molecular formula is C14H18Br2O4. The lowest BCUT2D eigenvalue weighted by molar-refractivity contribution is -0.146. The Kier molecular flexibility index (Phi) is 6.95. The van der Waals surface area contributed by atoms with E-state index >= 15 is 0 Å². The first-order valence-electron chi connectivity index (χ1n) is 6.54. The zero-order valence-corrected chi connectivity index (χ0v) is 15.0. The Morgan fingerprint density at radius 2 is 2.00 bits per heavy atom. The van der Waals surface area contributed by atoms with Crippen LogP contribution >= 0.6 is 31.9 Å². The van der Waals surface area contributed by atoms with Gasteiger partial charge in [0.05, 0.1) is 10.1 Å². The SMILES string of the molecule is CCCCCC(OC(C)=O)C1=C(Br)/C(=C(\C)Br)OC1=O. The fourth-order valence-electron chi connectivity index (χ4n) is 1.94. The molecule has 0 radical (unpaired) electrons.